The van der Waals surface area contributed by atoms with Gasteiger partial charge in [-0.15, -0.1) is 11.8 Å². The quantitative estimate of drug-likeness (QED) is 0.707. The molecule has 0 bridgehead atoms. The van der Waals surface area contributed by atoms with Gasteiger partial charge in [0.05, 0.1) is 0 Å². The number of nitrogens with one attached hydrogen (secondary N) is 2. The van der Waals surface area contributed by atoms with Crippen LogP contribution >= 0.6 is 11.8 Å². The van der Waals surface area contributed by atoms with Crippen LogP contribution in [0.3, 0.4) is 0 Å². The zero-order valence-electron chi connectivity index (χ0n) is 15.3. The maximum Gasteiger partial charge on any atom is 0.321 e. The van der Waals surface area contributed by atoms with Crippen molar-refractivity contribution < 1.29 is 9.59 Å². The largest absolute Gasteiger partial charge is 0.352 e. The van der Waals surface area contributed by atoms with Crippen molar-refractivity contribution in [1.29, 1.82) is 0 Å². The Balaban J connectivity index is 1.41. The molecule has 3 rings (SSSR count). The summed E-state index contributed by atoms with van der Waals surface area (Å²) in [5.41, 5.74) is 1.73. The molecule has 0 aromatic heterocycles. The van der Waals surface area contributed by atoms with E-state index in [4.69, 9.17) is 0 Å². The Morgan fingerprint density at radius 2 is 1.78 bits per heavy atom. The number of hydrogen-bond acceptors (Lipinski definition) is 3. The van der Waals surface area contributed by atoms with Gasteiger partial charge in [-0.1, -0.05) is 30.3 Å². The van der Waals surface area contributed by atoms with Crippen LogP contribution in [0.15, 0.2) is 59.5 Å². The van der Waals surface area contributed by atoms with E-state index in [0.717, 1.165) is 42.9 Å². The van der Waals surface area contributed by atoms with Crippen LogP contribution < -0.4 is 10.6 Å². The van der Waals surface area contributed by atoms with Gasteiger partial charge in [0.15, 0.2) is 0 Å². The Bertz CT molecular complexity index is 761. The Labute approximate surface area is 164 Å². The summed E-state index contributed by atoms with van der Waals surface area (Å²) in [6, 6.07) is 17.6. The fourth-order valence-corrected chi connectivity index (χ4v) is 3.82. The number of urea groups is 1. The average Bonchev–Trinajstić information content (AvgIpc) is 3.23. The van der Waals surface area contributed by atoms with E-state index in [2.05, 4.69) is 10.6 Å². The molecule has 1 fully saturated rings. The van der Waals surface area contributed by atoms with Gasteiger partial charge in [-0.2, -0.15) is 0 Å². The van der Waals surface area contributed by atoms with Gasteiger partial charge in [0.25, 0.3) is 0 Å². The van der Waals surface area contributed by atoms with E-state index in [1.807, 2.05) is 59.5 Å². The summed E-state index contributed by atoms with van der Waals surface area (Å²) in [4.78, 5) is 27.2. The third-order valence-electron chi connectivity index (χ3n) is 4.40. The van der Waals surface area contributed by atoms with Gasteiger partial charge in [0.2, 0.25) is 5.91 Å². The third kappa shape index (κ3) is 6.32. The summed E-state index contributed by atoms with van der Waals surface area (Å²) in [5, 5.41) is 5.88. The minimum atomic E-state index is -0.0494. The molecule has 0 unspecified atom stereocenters. The minimum absolute atomic E-state index is 0.0323. The molecule has 142 valence electrons. The molecule has 1 aliphatic heterocycles. The molecule has 0 saturated carbocycles. The predicted molar refractivity (Wildman–Crippen MR) is 110 cm³/mol. The first-order chi connectivity index (χ1) is 13.2. The van der Waals surface area contributed by atoms with E-state index >= 15 is 0 Å². The number of thioether (sulfide) groups is 1. The van der Waals surface area contributed by atoms with E-state index in [9.17, 15) is 9.59 Å². The maximum atomic E-state index is 12.2. The van der Waals surface area contributed by atoms with Gasteiger partial charge in [0, 0.05) is 42.4 Å². The number of carbonyl (C=O) groups excluding carboxylic acids is 2. The van der Waals surface area contributed by atoms with Crippen molar-refractivity contribution in [3.05, 3.63) is 60.2 Å². The molecule has 27 heavy (non-hydrogen) atoms. The first-order valence-electron chi connectivity index (χ1n) is 9.30. The number of rotatable bonds is 7. The molecule has 0 atom stereocenters. The molecule has 0 spiro atoms. The van der Waals surface area contributed by atoms with Crippen LogP contribution in [0.25, 0.3) is 0 Å². The van der Waals surface area contributed by atoms with E-state index in [0.29, 0.717) is 13.0 Å². The first kappa shape index (κ1) is 19.3. The smallest absolute Gasteiger partial charge is 0.321 e. The summed E-state index contributed by atoms with van der Waals surface area (Å²) >= 11 is 1.68. The molecule has 1 saturated heterocycles. The standard InChI is InChI=1S/C21H25N3O2S/c25-20(11-14-27-19-9-2-1-3-10-19)22-16-17-7-6-8-18(15-17)23-21(26)24-12-4-5-13-24/h1-3,6-10,15H,4-5,11-14,16H2,(H,22,25)(H,23,26). The molecule has 5 nitrogen and oxygen atoms in total. The fraction of sp³-hybridized carbons (Fsp3) is 0.333. The molecule has 2 aromatic rings. The van der Waals surface area contributed by atoms with Crippen molar-refractivity contribution in [1.82, 2.24) is 10.2 Å². The molecule has 1 heterocycles. The third-order valence-corrected chi connectivity index (χ3v) is 5.42. The zero-order chi connectivity index (χ0) is 18.9. The number of carbonyl (C=O) groups is 2. The molecule has 0 radical (unpaired) electrons. The highest BCUT2D eigenvalue weighted by molar-refractivity contribution is 7.99. The lowest BCUT2D eigenvalue weighted by atomic mass is 10.2. The molecule has 2 N–H and O–H groups in total. The Morgan fingerprint density at radius 1 is 1.00 bits per heavy atom. The van der Waals surface area contributed by atoms with Crippen molar-refractivity contribution in [2.45, 2.75) is 30.7 Å². The van der Waals surface area contributed by atoms with Gasteiger partial charge in [-0.05, 0) is 42.7 Å². The van der Waals surface area contributed by atoms with Crippen LogP contribution in [-0.4, -0.2) is 35.7 Å². The van der Waals surface area contributed by atoms with Crippen molar-refractivity contribution in [2.24, 2.45) is 0 Å². The number of anilines is 1. The molecule has 6 heteroatoms. The van der Waals surface area contributed by atoms with Crippen LogP contribution in [0.1, 0.15) is 24.8 Å². The molecular weight excluding hydrogens is 358 g/mol. The van der Waals surface area contributed by atoms with Gasteiger partial charge in [-0.3, -0.25) is 4.79 Å². The zero-order valence-corrected chi connectivity index (χ0v) is 16.1. The molecule has 1 aliphatic rings. The second-order valence-corrected chi connectivity index (χ2v) is 7.68. The second-order valence-electron chi connectivity index (χ2n) is 6.51. The van der Waals surface area contributed by atoms with Crippen LogP contribution in [0.2, 0.25) is 0 Å². The highest BCUT2D eigenvalue weighted by Gasteiger charge is 2.17. The van der Waals surface area contributed by atoms with E-state index in [-0.39, 0.29) is 11.9 Å². The van der Waals surface area contributed by atoms with E-state index in [1.165, 1.54) is 4.90 Å². The van der Waals surface area contributed by atoms with Crippen LogP contribution in [0.5, 0.6) is 0 Å². The summed E-state index contributed by atoms with van der Waals surface area (Å²) in [5.74, 6) is 0.784. The lowest BCUT2D eigenvalue weighted by molar-refractivity contribution is -0.120. The second kappa shape index (κ2) is 10.0. The molecule has 0 aliphatic carbocycles. The van der Waals surface area contributed by atoms with Crippen LogP contribution in [-0.2, 0) is 11.3 Å². The number of amides is 3. The Hall–Kier alpha value is -2.47. The topological polar surface area (TPSA) is 61.4 Å². The maximum absolute atomic E-state index is 12.2. The molecule has 2 aromatic carbocycles. The monoisotopic (exact) mass is 383 g/mol. The Kier molecular flexibility index (Phi) is 7.16. The highest BCUT2D eigenvalue weighted by Crippen LogP contribution is 2.18. The minimum Gasteiger partial charge on any atom is -0.352 e. The first-order valence-corrected chi connectivity index (χ1v) is 10.3. The summed E-state index contributed by atoms with van der Waals surface area (Å²) in [7, 11) is 0. The van der Waals surface area contributed by atoms with Crippen LogP contribution in [0.4, 0.5) is 10.5 Å². The van der Waals surface area contributed by atoms with E-state index in [1.54, 1.807) is 11.8 Å². The highest BCUT2D eigenvalue weighted by atomic mass is 32.2. The molecule has 3 amide bonds. The lowest BCUT2D eigenvalue weighted by Gasteiger charge is -2.16. The van der Waals surface area contributed by atoms with Crippen molar-refractivity contribution in [2.75, 3.05) is 24.2 Å². The van der Waals surface area contributed by atoms with Gasteiger partial charge < -0.3 is 15.5 Å². The predicted octanol–water partition coefficient (Wildman–Crippen LogP) is 4.11. The Morgan fingerprint density at radius 3 is 2.56 bits per heavy atom. The summed E-state index contributed by atoms with van der Waals surface area (Å²) in [6.45, 7) is 2.10. The summed E-state index contributed by atoms with van der Waals surface area (Å²) in [6.07, 6.45) is 2.62. The van der Waals surface area contributed by atoms with Crippen molar-refractivity contribution in [3.63, 3.8) is 0 Å². The normalized spacial score (nSPS) is 13.4. The van der Waals surface area contributed by atoms with Crippen molar-refractivity contribution in [3.8, 4) is 0 Å². The number of likely N-dealkylation sites (tertiary alicyclic amines) is 1. The number of nitrogens with zero attached hydrogens (tertiary/aromatic N) is 1. The van der Waals surface area contributed by atoms with Crippen LogP contribution in [0, 0.1) is 0 Å². The number of benzene rings is 2. The van der Waals surface area contributed by atoms with Gasteiger partial charge in [-0.25, -0.2) is 4.79 Å². The number of hydrogen-bond donors (Lipinski definition) is 2. The summed E-state index contributed by atoms with van der Waals surface area (Å²) < 4.78 is 0. The lowest BCUT2D eigenvalue weighted by Crippen LogP contribution is -2.32. The van der Waals surface area contributed by atoms with Crippen molar-refractivity contribution >= 4 is 29.4 Å². The van der Waals surface area contributed by atoms with E-state index < -0.39 is 0 Å². The van der Waals surface area contributed by atoms with Gasteiger partial charge in [0.1, 0.15) is 0 Å². The SMILES string of the molecule is O=C(CCSc1ccccc1)NCc1cccc(NC(=O)N2CCCC2)c1. The van der Waals surface area contributed by atoms with Gasteiger partial charge >= 0.3 is 6.03 Å². The molecular formula is C21H25N3O2S. The fourth-order valence-electron chi connectivity index (χ4n) is 2.95. The average molecular weight is 384 g/mol.